The summed E-state index contributed by atoms with van der Waals surface area (Å²) in [5.74, 6) is 0.301. The average molecular weight is 281 g/mol. The van der Waals surface area contributed by atoms with Crippen molar-refractivity contribution in [1.82, 2.24) is 3.93 Å². The van der Waals surface area contributed by atoms with Crippen LogP contribution in [0.4, 0.5) is 0 Å². The van der Waals surface area contributed by atoms with E-state index in [0.717, 1.165) is 0 Å². The van der Waals surface area contributed by atoms with E-state index in [2.05, 4.69) is 55.1 Å². The van der Waals surface area contributed by atoms with E-state index < -0.39 is 0 Å². The van der Waals surface area contributed by atoms with E-state index in [1.165, 1.54) is 5.56 Å². The molecule has 0 aliphatic heterocycles. The van der Waals surface area contributed by atoms with Gasteiger partial charge in [0.2, 0.25) is 0 Å². The van der Waals surface area contributed by atoms with Crippen LogP contribution < -0.4 is 0 Å². The van der Waals surface area contributed by atoms with Crippen LogP contribution in [-0.2, 0) is 0 Å². The molecule has 16 heavy (non-hydrogen) atoms. The Bertz CT molecular complexity index is 356. The maximum Gasteiger partial charge on any atom is 0.110 e. The topological polar surface area (TPSA) is 27.0 Å². The van der Waals surface area contributed by atoms with Crippen molar-refractivity contribution in [2.24, 2.45) is 5.92 Å². The fourth-order valence-electron chi connectivity index (χ4n) is 1.60. The number of halogens is 1. The highest BCUT2D eigenvalue weighted by molar-refractivity contribution is 9.07. The SMILES string of the molecule is CC(C)C(C#N)N(Br)C(C)c1ccccc1. The molecule has 86 valence electrons. The fourth-order valence-corrected chi connectivity index (χ4v) is 2.40. The number of hydrogen-bond acceptors (Lipinski definition) is 2. The molecule has 1 rings (SSSR count). The van der Waals surface area contributed by atoms with Gasteiger partial charge in [-0.3, -0.25) is 0 Å². The Morgan fingerprint density at radius 2 is 1.75 bits per heavy atom. The molecule has 0 saturated heterocycles. The summed E-state index contributed by atoms with van der Waals surface area (Å²) in [7, 11) is 0. The van der Waals surface area contributed by atoms with Gasteiger partial charge in [0.05, 0.1) is 6.07 Å². The zero-order valence-corrected chi connectivity index (χ0v) is 11.5. The smallest absolute Gasteiger partial charge is 0.110 e. The molecule has 2 atom stereocenters. The van der Waals surface area contributed by atoms with E-state index in [0.29, 0.717) is 5.92 Å². The van der Waals surface area contributed by atoms with E-state index in [1.54, 1.807) is 0 Å². The van der Waals surface area contributed by atoms with Gasteiger partial charge in [-0.05, 0) is 18.4 Å². The number of nitriles is 1. The van der Waals surface area contributed by atoms with Gasteiger partial charge < -0.3 is 0 Å². The molecular weight excluding hydrogens is 264 g/mol. The Morgan fingerprint density at radius 3 is 2.19 bits per heavy atom. The van der Waals surface area contributed by atoms with Gasteiger partial charge in [-0.2, -0.15) is 5.26 Å². The van der Waals surface area contributed by atoms with Crippen molar-refractivity contribution in [2.45, 2.75) is 32.9 Å². The molecule has 1 aromatic rings. The number of benzene rings is 1. The lowest BCUT2D eigenvalue weighted by Gasteiger charge is -2.29. The first-order chi connectivity index (χ1) is 7.57. The molecule has 0 aromatic heterocycles. The zero-order chi connectivity index (χ0) is 12.1. The highest BCUT2D eigenvalue weighted by Crippen LogP contribution is 2.28. The van der Waals surface area contributed by atoms with Crippen LogP contribution >= 0.6 is 16.1 Å². The second kappa shape index (κ2) is 6.03. The van der Waals surface area contributed by atoms with Gasteiger partial charge in [0, 0.05) is 22.2 Å². The third-order valence-electron chi connectivity index (χ3n) is 2.68. The second-order valence-corrected chi connectivity index (χ2v) is 5.07. The van der Waals surface area contributed by atoms with Gasteiger partial charge >= 0.3 is 0 Å². The lowest BCUT2D eigenvalue weighted by Crippen LogP contribution is -2.32. The predicted molar refractivity (Wildman–Crippen MR) is 69.9 cm³/mol. The Balaban J connectivity index is 2.82. The highest BCUT2D eigenvalue weighted by Gasteiger charge is 2.24. The zero-order valence-electron chi connectivity index (χ0n) is 9.89. The third-order valence-corrected chi connectivity index (χ3v) is 3.74. The number of rotatable bonds is 4. The highest BCUT2D eigenvalue weighted by atomic mass is 79.9. The van der Waals surface area contributed by atoms with Crippen molar-refractivity contribution in [1.29, 1.82) is 5.26 Å². The largest absolute Gasteiger partial charge is 0.218 e. The summed E-state index contributed by atoms with van der Waals surface area (Å²) in [4.78, 5) is 0. The van der Waals surface area contributed by atoms with Crippen LogP contribution in [0.15, 0.2) is 30.3 Å². The summed E-state index contributed by atoms with van der Waals surface area (Å²) >= 11 is 3.52. The normalized spacial score (nSPS) is 14.8. The van der Waals surface area contributed by atoms with Crippen molar-refractivity contribution in [3.05, 3.63) is 35.9 Å². The Morgan fingerprint density at radius 1 is 1.19 bits per heavy atom. The Labute approximate surface area is 106 Å². The van der Waals surface area contributed by atoms with Crippen molar-refractivity contribution in [2.75, 3.05) is 0 Å². The van der Waals surface area contributed by atoms with Gasteiger partial charge in [0.15, 0.2) is 0 Å². The molecule has 0 spiro atoms. The molecule has 0 aliphatic carbocycles. The molecule has 0 bridgehead atoms. The number of hydrogen-bond donors (Lipinski definition) is 0. The van der Waals surface area contributed by atoms with Gasteiger partial charge in [0.1, 0.15) is 6.04 Å². The van der Waals surface area contributed by atoms with Crippen molar-refractivity contribution >= 4 is 16.1 Å². The van der Waals surface area contributed by atoms with Crippen LogP contribution in [0.25, 0.3) is 0 Å². The minimum atomic E-state index is -0.116. The lowest BCUT2D eigenvalue weighted by atomic mass is 10.0. The molecular formula is C13H17BrN2. The van der Waals surface area contributed by atoms with Crippen molar-refractivity contribution in [3.8, 4) is 6.07 Å². The van der Waals surface area contributed by atoms with Crippen LogP contribution in [0.5, 0.6) is 0 Å². The van der Waals surface area contributed by atoms with E-state index in [4.69, 9.17) is 5.26 Å². The summed E-state index contributed by atoms with van der Waals surface area (Å²) in [6, 6.07) is 12.6. The van der Waals surface area contributed by atoms with E-state index >= 15 is 0 Å². The molecule has 0 heterocycles. The standard InChI is InChI=1S/C13H17BrN2/c1-10(2)13(9-15)16(14)11(3)12-7-5-4-6-8-12/h4-8,10-11,13H,1-3H3. The van der Waals surface area contributed by atoms with Crippen molar-refractivity contribution < 1.29 is 0 Å². The molecule has 2 nitrogen and oxygen atoms in total. The van der Waals surface area contributed by atoms with Gasteiger partial charge in [-0.1, -0.05) is 44.2 Å². The minimum absolute atomic E-state index is 0.116. The molecule has 0 N–H and O–H groups in total. The Kier molecular flexibility index (Phi) is 4.98. The minimum Gasteiger partial charge on any atom is -0.218 e. The van der Waals surface area contributed by atoms with E-state index in [-0.39, 0.29) is 12.1 Å². The molecule has 3 heteroatoms. The van der Waals surface area contributed by atoms with E-state index in [9.17, 15) is 0 Å². The fraction of sp³-hybridized carbons (Fsp3) is 0.462. The molecule has 0 radical (unpaired) electrons. The first-order valence-corrected chi connectivity index (χ1v) is 6.17. The van der Waals surface area contributed by atoms with Crippen molar-refractivity contribution in [3.63, 3.8) is 0 Å². The molecule has 1 aromatic carbocycles. The summed E-state index contributed by atoms with van der Waals surface area (Å²) in [6.45, 7) is 6.20. The Hall–Kier alpha value is -0.850. The first kappa shape index (κ1) is 13.2. The molecule has 0 fully saturated rings. The average Bonchev–Trinajstić information content (AvgIpc) is 2.29. The monoisotopic (exact) mass is 280 g/mol. The van der Waals surface area contributed by atoms with Gasteiger partial charge in [0.25, 0.3) is 0 Å². The van der Waals surface area contributed by atoms with Crippen LogP contribution in [0.2, 0.25) is 0 Å². The molecule has 2 unspecified atom stereocenters. The number of nitrogens with zero attached hydrogens (tertiary/aromatic N) is 2. The quantitative estimate of drug-likeness (QED) is 0.782. The molecule has 0 amide bonds. The molecule has 0 saturated carbocycles. The summed E-state index contributed by atoms with van der Waals surface area (Å²) in [6.07, 6.45) is 0. The van der Waals surface area contributed by atoms with Crippen LogP contribution in [0.3, 0.4) is 0 Å². The first-order valence-electron chi connectivity index (χ1n) is 5.46. The second-order valence-electron chi connectivity index (χ2n) is 4.25. The summed E-state index contributed by atoms with van der Waals surface area (Å²) < 4.78 is 1.95. The predicted octanol–water partition coefficient (Wildman–Crippen LogP) is 3.91. The lowest BCUT2D eigenvalue weighted by molar-refractivity contribution is 0.294. The maximum atomic E-state index is 9.14. The van der Waals surface area contributed by atoms with Crippen LogP contribution in [-0.4, -0.2) is 9.97 Å². The maximum absolute atomic E-state index is 9.14. The van der Waals surface area contributed by atoms with Crippen LogP contribution in [0.1, 0.15) is 32.4 Å². The summed E-state index contributed by atoms with van der Waals surface area (Å²) in [5.41, 5.74) is 1.21. The van der Waals surface area contributed by atoms with Gasteiger partial charge in [-0.15, -0.1) is 0 Å². The van der Waals surface area contributed by atoms with E-state index in [1.807, 2.05) is 22.1 Å². The molecule has 0 aliphatic rings. The van der Waals surface area contributed by atoms with Crippen LogP contribution in [0, 0.1) is 17.2 Å². The third kappa shape index (κ3) is 3.07. The summed E-state index contributed by atoms with van der Waals surface area (Å²) in [5, 5.41) is 9.14. The van der Waals surface area contributed by atoms with Gasteiger partial charge in [-0.25, -0.2) is 3.93 Å².